The molecule has 0 saturated carbocycles. The number of nitrogens with zero attached hydrogens (tertiary/aromatic N) is 2. The summed E-state index contributed by atoms with van der Waals surface area (Å²) < 4.78 is 12.8. The Morgan fingerprint density at radius 3 is 2.21 bits per heavy atom. The number of carbonyl (C=O) groups is 1. The zero-order chi connectivity index (χ0) is 20.7. The van der Waals surface area contributed by atoms with E-state index in [-0.39, 0.29) is 11.9 Å². The third kappa shape index (κ3) is 5.32. The topological polar surface area (TPSA) is 55.6 Å². The Kier molecular flexibility index (Phi) is 8.01. The molecule has 2 aromatic rings. The molecule has 1 heterocycles. The van der Waals surface area contributed by atoms with Gasteiger partial charge in [-0.2, -0.15) is 0 Å². The summed E-state index contributed by atoms with van der Waals surface area (Å²) in [5.74, 6) is 0.940. The van der Waals surface area contributed by atoms with Gasteiger partial charge < -0.3 is 13.7 Å². The Morgan fingerprint density at radius 2 is 1.75 bits per heavy atom. The predicted molar refractivity (Wildman–Crippen MR) is 117 cm³/mol. The standard InChI is InChI=1S/C22H34N2O3Si/c1-7-28(8-2,9-3)27-19(16-15-18-13-11-10-12-14-18)21-23-20(17(4)25)22(26-21)24(5)6/h10-14,19H,7-9,15-16H2,1-6H3. The second kappa shape index (κ2) is 10.0. The highest BCUT2D eigenvalue weighted by atomic mass is 28.4. The Labute approximate surface area is 170 Å². The minimum Gasteiger partial charge on any atom is -0.422 e. The number of ketones is 1. The van der Waals surface area contributed by atoms with Crippen LogP contribution in [0.15, 0.2) is 34.7 Å². The van der Waals surface area contributed by atoms with Gasteiger partial charge in [0.1, 0.15) is 6.10 Å². The molecule has 0 fully saturated rings. The second-order valence-corrected chi connectivity index (χ2v) is 12.3. The number of aryl methyl sites for hydroxylation is 1. The van der Waals surface area contributed by atoms with Crippen LogP contribution in [0.25, 0.3) is 0 Å². The molecule has 1 aromatic heterocycles. The molecule has 0 bridgehead atoms. The number of rotatable bonds is 11. The molecule has 28 heavy (non-hydrogen) atoms. The minimum atomic E-state index is -1.86. The van der Waals surface area contributed by atoms with Crippen LogP contribution in [0, 0.1) is 0 Å². The normalized spacial score (nSPS) is 12.8. The monoisotopic (exact) mass is 402 g/mol. The van der Waals surface area contributed by atoms with Crippen molar-refractivity contribution in [3.05, 3.63) is 47.5 Å². The SMILES string of the molecule is CC[Si](CC)(CC)OC(CCc1ccccc1)c1nc(C(C)=O)c(N(C)C)o1. The van der Waals surface area contributed by atoms with Crippen LogP contribution in [0.5, 0.6) is 0 Å². The minimum absolute atomic E-state index is 0.0921. The molecule has 6 heteroatoms. The lowest BCUT2D eigenvalue weighted by molar-refractivity contribution is 0.101. The lowest BCUT2D eigenvalue weighted by atomic mass is 10.1. The first-order chi connectivity index (χ1) is 13.4. The van der Waals surface area contributed by atoms with E-state index in [1.807, 2.05) is 20.2 Å². The van der Waals surface area contributed by atoms with Crippen molar-refractivity contribution >= 4 is 20.0 Å². The van der Waals surface area contributed by atoms with Crippen LogP contribution in [0.2, 0.25) is 18.1 Å². The highest BCUT2D eigenvalue weighted by Crippen LogP contribution is 2.34. The van der Waals surface area contributed by atoms with E-state index in [0.29, 0.717) is 17.5 Å². The van der Waals surface area contributed by atoms with E-state index in [9.17, 15) is 4.79 Å². The molecule has 2 rings (SSSR count). The number of carbonyl (C=O) groups excluding carboxylic acids is 1. The first-order valence-corrected chi connectivity index (χ1v) is 12.8. The summed E-state index contributed by atoms with van der Waals surface area (Å²) in [6.45, 7) is 8.18. The van der Waals surface area contributed by atoms with Gasteiger partial charge in [0.2, 0.25) is 11.8 Å². The summed E-state index contributed by atoms with van der Waals surface area (Å²) in [5, 5.41) is 0. The molecule has 0 N–H and O–H groups in total. The van der Waals surface area contributed by atoms with E-state index in [4.69, 9.17) is 8.84 Å². The van der Waals surface area contributed by atoms with Crippen LogP contribution >= 0.6 is 0 Å². The van der Waals surface area contributed by atoms with E-state index in [2.05, 4.69) is 50.0 Å². The Balaban J connectivity index is 2.36. The molecule has 1 atom stereocenters. The number of hydrogen-bond acceptors (Lipinski definition) is 5. The van der Waals surface area contributed by atoms with Crippen molar-refractivity contribution in [1.29, 1.82) is 0 Å². The molecule has 0 amide bonds. The van der Waals surface area contributed by atoms with Gasteiger partial charge in [-0.3, -0.25) is 4.79 Å². The number of oxazole rings is 1. The molecule has 154 valence electrons. The zero-order valence-corrected chi connectivity index (χ0v) is 19.1. The largest absolute Gasteiger partial charge is 0.422 e. The number of aromatic nitrogens is 1. The maximum atomic E-state index is 12.1. The van der Waals surface area contributed by atoms with Gasteiger partial charge in [0.25, 0.3) is 0 Å². The first-order valence-electron chi connectivity index (χ1n) is 10.3. The smallest absolute Gasteiger partial charge is 0.227 e. The predicted octanol–water partition coefficient (Wildman–Crippen LogP) is 5.64. The van der Waals surface area contributed by atoms with Crippen molar-refractivity contribution < 1.29 is 13.6 Å². The summed E-state index contributed by atoms with van der Waals surface area (Å²) in [7, 11) is 1.86. The van der Waals surface area contributed by atoms with Crippen LogP contribution in [0.3, 0.4) is 0 Å². The van der Waals surface area contributed by atoms with Crippen LogP contribution in [-0.4, -0.2) is 33.2 Å². The first kappa shape index (κ1) is 22.4. The van der Waals surface area contributed by atoms with Crippen molar-refractivity contribution in [3.8, 4) is 0 Å². The molecule has 1 unspecified atom stereocenters. The van der Waals surface area contributed by atoms with Gasteiger partial charge in [-0.25, -0.2) is 4.98 Å². The molecular weight excluding hydrogens is 368 g/mol. The summed E-state index contributed by atoms with van der Waals surface area (Å²) in [6, 6.07) is 13.6. The van der Waals surface area contributed by atoms with Crippen molar-refractivity contribution in [3.63, 3.8) is 0 Å². The van der Waals surface area contributed by atoms with Crippen molar-refractivity contribution in [1.82, 2.24) is 4.98 Å². The second-order valence-electron chi connectivity index (χ2n) is 7.53. The fourth-order valence-electron chi connectivity index (χ4n) is 3.48. The number of anilines is 1. The number of Topliss-reactive ketones (excluding diaryl/α,β-unsaturated/α-hetero) is 1. The van der Waals surface area contributed by atoms with E-state index in [1.54, 1.807) is 4.90 Å². The van der Waals surface area contributed by atoms with E-state index >= 15 is 0 Å². The van der Waals surface area contributed by atoms with Gasteiger partial charge in [-0.15, -0.1) is 0 Å². The van der Waals surface area contributed by atoms with Gasteiger partial charge in [0, 0.05) is 21.0 Å². The Bertz CT molecular complexity index is 746. The third-order valence-electron chi connectivity index (χ3n) is 5.50. The maximum absolute atomic E-state index is 12.1. The maximum Gasteiger partial charge on any atom is 0.227 e. The lowest BCUT2D eigenvalue weighted by Gasteiger charge is -2.32. The van der Waals surface area contributed by atoms with Crippen molar-refractivity contribution in [2.45, 2.75) is 64.8 Å². The van der Waals surface area contributed by atoms with Gasteiger partial charge in [-0.1, -0.05) is 51.1 Å². The number of hydrogen-bond donors (Lipinski definition) is 0. The summed E-state index contributed by atoms with van der Waals surface area (Å²) in [4.78, 5) is 18.4. The Morgan fingerprint density at radius 1 is 1.14 bits per heavy atom. The molecule has 0 spiro atoms. The summed E-state index contributed by atoms with van der Waals surface area (Å²) in [6.07, 6.45) is 1.42. The molecule has 5 nitrogen and oxygen atoms in total. The molecule has 0 saturated heterocycles. The summed E-state index contributed by atoms with van der Waals surface area (Å²) >= 11 is 0. The van der Waals surface area contributed by atoms with Gasteiger partial charge in [0.15, 0.2) is 19.8 Å². The molecule has 0 aliphatic carbocycles. The Hall–Kier alpha value is -1.92. The average Bonchev–Trinajstić information content (AvgIpc) is 3.16. The van der Waals surface area contributed by atoms with Gasteiger partial charge >= 0.3 is 0 Å². The molecule has 1 aromatic carbocycles. The molecule has 0 radical (unpaired) electrons. The zero-order valence-electron chi connectivity index (χ0n) is 18.1. The third-order valence-corrected chi connectivity index (χ3v) is 10.2. The van der Waals surface area contributed by atoms with Gasteiger partial charge in [-0.05, 0) is 36.5 Å². The van der Waals surface area contributed by atoms with Crippen LogP contribution in [-0.2, 0) is 10.8 Å². The molecular formula is C22H34N2O3Si. The quantitative estimate of drug-likeness (QED) is 0.360. The number of benzene rings is 1. The van der Waals surface area contributed by atoms with E-state index in [0.717, 1.165) is 31.0 Å². The van der Waals surface area contributed by atoms with Crippen LogP contribution in [0.1, 0.15) is 62.2 Å². The summed E-state index contributed by atoms with van der Waals surface area (Å²) in [5.41, 5.74) is 1.64. The van der Waals surface area contributed by atoms with Crippen molar-refractivity contribution in [2.75, 3.05) is 19.0 Å². The molecule has 0 aliphatic heterocycles. The van der Waals surface area contributed by atoms with E-state index < -0.39 is 8.32 Å². The fraction of sp³-hybridized carbons (Fsp3) is 0.545. The van der Waals surface area contributed by atoms with Crippen LogP contribution < -0.4 is 4.90 Å². The van der Waals surface area contributed by atoms with Crippen molar-refractivity contribution in [2.24, 2.45) is 0 Å². The highest BCUT2D eigenvalue weighted by molar-refractivity contribution is 6.73. The van der Waals surface area contributed by atoms with Crippen LogP contribution in [0.4, 0.5) is 5.88 Å². The average molecular weight is 403 g/mol. The van der Waals surface area contributed by atoms with Gasteiger partial charge in [0.05, 0.1) is 0 Å². The fourth-order valence-corrected chi connectivity index (χ4v) is 6.30. The lowest BCUT2D eigenvalue weighted by Crippen LogP contribution is -2.37. The molecule has 0 aliphatic rings. The van der Waals surface area contributed by atoms with E-state index in [1.165, 1.54) is 12.5 Å². The highest BCUT2D eigenvalue weighted by Gasteiger charge is 2.35.